The van der Waals surface area contributed by atoms with E-state index in [9.17, 15) is 0 Å². The fourth-order valence-corrected chi connectivity index (χ4v) is 1.81. The first-order valence-corrected chi connectivity index (χ1v) is 3.65. The molecule has 0 saturated carbocycles. The molecule has 2 rings (SSSR count). The topological polar surface area (TPSA) is 0 Å². The van der Waals surface area contributed by atoms with Crippen molar-refractivity contribution < 1.29 is 0 Å². The third kappa shape index (κ3) is 1.25. The van der Waals surface area contributed by atoms with Crippen LogP contribution in [-0.4, -0.2) is 0 Å². The molecule has 0 radical (unpaired) electrons. The maximum Gasteiger partial charge on any atom is 0.0232 e. The monoisotopic (exact) mass is 156 g/mol. The van der Waals surface area contributed by atoms with Crippen molar-refractivity contribution in [3.8, 4) is 0 Å². The van der Waals surface area contributed by atoms with Gasteiger partial charge in [-0.1, -0.05) is 12.1 Å². The predicted octanol–water partition coefficient (Wildman–Crippen LogP) is 2.41. The number of benzene rings is 1. The summed E-state index contributed by atoms with van der Waals surface area (Å²) in [5, 5.41) is 0. The highest BCUT2D eigenvalue weighted by Crippen LogP contribution is 2.30. The molecule has 1 aromatic carbocycles. The van der Waals surface area contributed by atoms with E-state index in [1.165, 1.54) is 16.2 Å². The van der Waals surface area contributed by atoms with Gasteiger partial charge in [0, 0.05) is 10.6 Å². The second kappa shape index (κ2) is 2.67. The predicted molar refractivity (Wildman–Crippen MR) is 46.4 cm³/mol. The molecule has 0 saturated heterocycles. The van der Waals surface area contributed by atoms with Crippen LogP contribution in [0.3, 0.4) is 0 Å². The average Bonchev–Trinajstić information content (AvgIpc) is 2.12. The molecule has 2 bridgehead atoms. The summed E-state index contributed by atoms with van der Waals surface area (Å²) in [6.07, 6.45) is 0. The SMILES string of the molecule is S.c1cc2cc(c1)SC2. The summed E-state index contributed by atoms with van der Waals surface area (Å²) in [5.74, 6) is 1.18. The van der Waals surface area contributed by atoms with Crippen LogP contribution in [0, 0.1) is 0 Å². The maximum atomic E-state index is 2.24. The van der Waals surface area contributed by atoms with Crippen LogP contribution >= 0.6 is 25.3 Å². The molecular weight excluding hydrogens is 148 g/mol. The lowest BCUT2D eigenvalue weighted by Crippen LogP contribution is -1.64. The molecule has 1 heterocycles. The zero-order chi connectivity index (χ0) is 5.40. The molecule has 0 unspecified atom stereocenters. The van der Waals surface area contributed by atoms with E-state index in [0.717, 1.165) is 0 Å². The van der Waals surface area contributed by atoms with Gasteiger partial charge >= 0.3 is 0 Å². The van der Waals surface area contributed by atoms with Crippen LogP contribution in [0.25, 0.3) is 0 Å². The first-order valence-electron chi connectivity index (χ1n) is 2.67. The molecule has 1 aliphatic heterocycles. The van der Waals surface area contributed by atoms with Gasteiger partial charge in [-0.2, -0.15) is 13.5 Å². The van der Waals surface area contributed by atoms with Gasteiger partial charge in [-0.05, 0) is 17.7 Å². The highest BCUT2D eigenvalue weighted by atomic mass is 32.2. The minimum absolute atomic E-state index is 0. The summed E-state index contributed by atoms with van der Waals surface area (Å²) in [6, 6.07) is 8.68. The Kier molecular flexibility index (Phi) is 2.09. The number of hydrogen-bond donors (Lipinski definition) is 0. The van der Waals surface area contributed by atoms with Gasteiger partial charge in [0.15, 0.2) is 0 Å². The van der Waals surface area contributed by atoms with Crippen molar-refractivity contribution in [3.05, 3.63) is 29.8 Å². The second-order valence-corrected chi connectivity index (χ2v) is 2.98. The third-order valence-corrected chi connectivity index (χ3v) is 2.37. The summed E-state index contributed by atoms with van der Waals surface area (Å²) in [4.78, 5) is 1.42. The van der Waals surface area contributed by atoms with Crippen LogP contribution < -0.4 is 0 Å². The van der Waals surface area contributed by atoms with Gasteiger partial charge in [0.1, 0.15) is 0 Å². The fraction of sp³-hybridized carbons (Fsp3) is 0.143. The highest BCUT2D eigenvalue weighted by molar-refractivity contribution is 7.98. The summed E-state index contributed by atoms with van der Waals surface area (Å²) in [6.45, 7) is 0. The van der Waals surface area contributed by atoms with Crippen LogP contribution in [0.1, 0.15) is 5.56 Å². The quantitative estimate of drug-likeness (QED) is 0.556. The van der Waals surface area contributed by atoms with Crippen LogP contribution in [0.2, 0.25) is 0 Å². The van der Waals surface area contributed by atoms with E-state index in [-0.39, 0.29) is 13.5 Å². The highest BCUT2D eigenvalue weighted by Gasteiger charge is 2.03. The number of fused-ring (bicyclic) bond motifs is 2. The standard InChI is InChI=1S/C7H6S.H2S/c1-2-6-4-7(3-1)8-5-6;/h1-4H,5H2;1H2. The summed E-state index contributed by atoms with van der Waals surface area (Å²) in [5.41, 5.74) is 1.47. The molecule has 0 aliphatic carbocycles. The zero-order valence-corrected chi connectivity index (χ0v) is 6.74. The van der Waals surface area contributed by atoms with Crippen molar-refractivity contribution in [1.29, 1.82) is 0 Å². The van der Waals surface area contributed by atoms with E-state index in [1.54, 1.807) is 0 Å². The average molecular weight is 156 g/mol. The van der Waals surface area contributed by atoms with Crippen LogP contribution in [0.4, 0.5) is 0 Å². The first-order chi connectivity index (χ1) is 3.95. The fourth-order valence-electron chi connectivity index (χ4n) is 0.892. The van der Waals surface area contributed by atoms with Gasteiger partial charge in [-0.15, -0.1) is 11.8 Å². The molecule has 48 valence electrons. The Bertz CT molecular complexity index is 189. The molecule has 0 nitrogen and oxygen atoms in total. The van der Waals surface area contributed by atoms with Crippen LogP contribution in [0.5, 0.6) is 0 Å². The van der Waals surface area contributed by atoms with Crippen molar-refractivity contribution in [2.75, 3.05) is 0 Å². The maximum absolute atomic E-state index is 2.24. The Morgan fingerprint density at radius 3 is 2.89 bits per heavy atom. The van der Waals surface area contributed by atoms with Gasteiger partial charge in [0.2, 0.25) is 0 Å². The van der Waals surface area contributed by atoms with Crippen LogP contribution in [-0.2, 0) is 5.75 Å². The molecule has 1 aliphatic rings. The molecule has 0 spiro atoms. The van der Waals surface area contributed by atoms with E-state index in [4.69, 9.17) is 0 Å². The van der Waals surface area contributed by atoms with Crippen molar-refractivity contribution >= 4 is 25.3 Å². The molecule has 9 heavy (non-hydrogen) atoms. The third-order valence-electron chi connectivity index (χ3n) is 1.30. The van der Waals surface area contributed by atoms with Gasteiger partial charge in [0.05, 0.1) is 0 Å². The zero-order valence-electron chi connectivity index (χ0n) is 4.92. The van der Waals surface area contributed by atoms with E-state index < -0.39 is 0 Å². The van der Waals surface area contributed by atoms with Crippen LogP contribution in [0.15, 0.2) is 29.2 Å². The van der Waals surface area contributed by atoms with Crippen molar-refractivity contribution in [3.63, 3.8) is 0 Å². The Morgan fingerprint density at radius 2 is 2.22 bits per heavy atom. The molecule has 2 heteroatoms. The van der Waals surface area contributed by atoms with Crippen molar-refractivity contribution in [2.45, 2.75) is 10.6 Å². The molecule has 0 fully saturated rings. The van der Waals surface area contributed by atoms with E-state index >= 15 is 0 Å². The number of thioether (sulfide) groups is 1. The largest absolute Gasteiger partial charge is 0.197 e. The van der Waals surface area contributed by atoms with E-state index in [1.807, 2.05) is 11.8 Å². The molecule has 0 atom stereocenters. The lowest BCUT2D eigenvalue weighted by molar-refractivity contribution is 1.41. The van der Waals surface area contributed by atoms with Gasteiger partial charge in [-0.25, -0.2) is 0 Å². The number of rotatable bonds is 0. The second-order valence-electron chi connectivity index (χ2n) is 1.94. The molecule has 0 aromatic heterocycles. The summed E-state index contributed by atoms with van der Waals surface area (Å²) < 4.78 is 0. The molecule has 1 aromatic rings. The Hall–Kier alpha value is -0.0800. The smallest absolute Gasteiger partial charge is 0.0232 e. The molecule has 0 amide bonds. The van der Waals surface area contributed by atoms with E-state index in [0.29, 0.717) is 0 Å². The first kappa shape index (κ1) is 7.03. The molecular formula is C7H8S2. The van der Waals surface area contributed by atoms with E-state index in [2.05, 4.69) is 24.3 Å². The minimum atomic E-state index is 0. The minimum Gasteiger partial charge on any atom is -0.197 e. The van der Waals surface area contributed by atoms with Crippen molar-refractivity contribution in [2.24, 2.45) is 0 Å². The van der Waals surface area contributed by atoms with Gasteiger partial charge in [-0.3, -0.25) is 0 Å². The molecule has 0 N–H and O–H groups in total. The Morgan fingerprint density at radius 1 is 1.33 bits per heavy atom. The Labute approximate surface area is 66.1 Å². The normalized spacial score (nSPS) is 12.9. The van der Waals surface area contributed by atoms with Gasteiger partial charge < -0.3 is 0 Å². The summed E-state index contributed by atoms with van der Waals surface area (Å²) in [7, 11) is 0. The van der Waals surface area contributed by atoms with Crippen molar-refractivity contribution in [1.82, 2.24) is 0 Å². The number of hydrogen-bond acceptors (Lipinski definition) is 1. The Balaban J connectivity index is 0.000000405. The lowest BCUT2D eigenvalue weighted by atomic mass is 10.2. The van der Waals surface area contributed by atoms with Gasteiger partial charge in [0.25, 0.3) is 0 Å². The lowest BCUT2D eigenvalue weighted by Gasteiger charge is -1.81. The summed E-state index contributed by atoms with van der Waals surface area (Å²) >= 11 is 1.92.